The van der Waals surface area contributed by atoms with E-state index in [2.05, 4.69) is 24.9 Å². The first-order chi connectivity index (χ1) is 17.6. The number of carbonyl (C=O) groups is 1. The number of carbonyl (C=O) groups excluding carboxylic acids is 1. The third-order valence-corrected chi connectivity index (χ3v) is 6.08. The highest BCUT2D eigenvalue weighted by Gasteiger charge is 2.31. The van der Waals surface area contributed by atoms with Crippen molar-refractivity contribution in [2.45, 2.75) is 32.6 Å². The topological polar surface area (TPSA) is 115 Å². The van der Waals surface area contributed by atoms with Crippen LogP contribution >= 0.6 is 0 Å². The van der Waals surface area contributed by atoms with E-state index in [4.69, 9.17) is 5.73 Å². The minimum Gasteiger partial charge on any atom is -0.382 e. The summed E-state index contributed by atoms with van der Waals surface area (Å²) in [7, 11) is 0. The van der Waals surface area contributed by atoms with Crippen molar-refractivity contribution in [1.82, 2.24) is 34.2 Å². The smallest absolute Gasteiger partial charge is 0.382 e. The number of nitrogen functional groups attached to an aromatic ring is 1. The summed E-state index contributed by atoms with van der Waals surface area (Å²) in [5, 5.41) is 0. The van der Waals surface area contributed by atoms with Gasteiger partial charge in [0.25, 0.3) is 5.91 Å². The Hall–Kier alpha value is -4.61. The number of hydrogen-bond donors (Lipinski definition) is 1. The molecule has 5 aromatic rings. The van der Waals surface area contributed by atoms with Gasteiger partial charge in [-0.3, -0.25) is 14.2 Å². The minimum atomic E-state index is -4.51. The minimum absolute atomic E-state index is 0.0616. The lowest BCUT2D eigenvalue weighted by Crippen LogP contribution is -2.34. The summed E-state index contributed by atoms with van der Waals surface area (Å²) in [6.07, 6.45) is 0.978. The third kappa shape index (κ3) is 4.53. The molecule has 1 amide bonds. The lowest BCUT2D eigenvalue weighted by atomic mass is 10.1. The number of benzene rings is 1. The first kappa shape index (κ1) is 24.1. The highest BCUT2D eigenvalue weighted by molar-refractivity contribution is 5.98. The van der Waals surface area contributed by atoms with Crippen LogP contribution in [0, 0.1) is 6.92 Å². The van der Waals surface area contributed by atoms with E-state index in [-0.39, 0.29) is 18.1 Å². The van der Waals surface area contributed by atoms with Gasteiger partial charge in [0.2, 0.25) is 0 Å². The highest BCUT2D eigenvalue weighted by atomic mass is 19.4. The van der Waals surface area contributed by atoms with E-state index in [1.54, 1.807) is 49.8 Å². The molecule has 37 heavy (non-hydrogen) atoms. The normalized spacial score (nSPS) is 12.7. The van der Waals surface area contributed by atoms with Gasteiger partial charge in [-0.2, -0.15) is 13.2 Å². The summed E-state index contributed by atoms with van der Waals surface area (Å²) in [5.74, 6) is 0.990. The lowest BCUT2D eigenvalue weighted by molar-refractivity contribution is -0.137. The molecule has 12 heteroatoms. The van der Waals surface area contributed by atoms with Crippen LogP contribution in [0.4, 0.5) is 19.0 Å². The van der Waals surface area contributed by atoms with Gasteiger partial charge in [0.05, 0.1) is 41.1 Å². The maximum Gasteiger partial charge on any atom is 0.417 e. The van der Waals surface area contributed by atoms with Crippen LogP contribution in [0.25, 0.3) is 16.6 Å². The van der Waals surface area contributed by atoms with Crippen LogP contribution in [0.1, 0.15) is 46.2 Å². The van der Waals surface area contributed by atoms with Crippen LogP contribution in [0.3, 0.4) is 0 Å². The molecule has 188 valence electrons. The fourth-order valence-electron chi connectivity index (χ4n) is 4.12. The van der Waals surface area contributed by atoms with Gasteiger partial charge >= 0.3 is 6.18 Å². The average molecular weight is 506 g/mol. The van der Waals surface area contributed by atoms with Crippen LogP contribution < -0.4 is 5.73 Å². The van der Waals surface area contributed by atoms with E-state index < -0.39 is 17.8 Å². The van der Waals surface area contributed by atoms with E-state index in [9.17, 15) is 18.0 Å². The Morgan fingerprint density at radius 1 is 1.05 bits per heavy atom. The van der Waals surface area contributed by atoms with Crippen molar-refractivity contribution < 1.29 is 18.0 Å². The molecule has 0 radical (unpaired) electrons. The van der Waals surface area contributed by atoms with Gasteiger partial charge in [-0.05, 0) is 50.2 Å². The summed E-state index contributed by atoms with van der Waals surface area (Å²) < 4.78 is 40.8. The maximum absolute atomic E-state index is 13.9. The molecule has 0 aliphatic heterocycles. The molecule has 0 saturated heterocycles. The monoisotopic (exact) mass is 506 g/mol. The van der Waals surface area contributed by atoms with E-state index in [1.807, 2.05) is 11.3 Å². The molecule has 0 fully saturated rings. The Balaban J connectivity index is 1.57. The second-order valence-corrected chi connectivity index (χ2v) is 8.48. The molecule has 2 N–H and O–H groups in total. The predicted molar refractivity (Wildman–Crippen MR) is 129 cm³/mol. The number of aromatic nitrogens is 6. The van der Waals surface area contributed by atoms with Gasteiger partial charge in [-0.25, -0.2) is 19.9 Å². The number of hydrogen-bond acceptors (Lipinski definition) is 7. The van der Waals surface area contributed by atoms with Crippen molar-refractivity contribution in [2.75, 3.05) is 5.73 Å². The second kappa shape index (κ2) is 9.12. The maximum atomic E-state index is 13.9. The summed E-state index contributed by atoms with van der Waals surface area (Å²) in [5.41, 5.74) is 7.66. The number of pyridine rings is 1. The Bertz CT molecular complexity index is 1600. The largest absolute Gasteiger partial charge is 0.417 e. The number of rotatable bonds is 5. The van der Waals surface area contributed by atoms with Gasteiger partial charge in [-0.1, -0.05) is 0 Å². The SMILES string of the molecule is Cc1ncc2c(N)nc3ccc(C(=O)N(Cc4ccc(C(F)(F)F)cn4)C(C)c4ncccn4)cc3n12. The predicted octanol–water partition coefficient (Wildman–Crippen LogP) is 4.38. The van der Waals surface area contributed by atoms with Crippen molar-refractivity contribution in [2.24, 2.45) is 0 Å². The Morgan fingerprint density at radius 3 is 2.49 bits per heavy atom. The van der Waals surface area contributed by atoms with Crippen molar-refractivity contribution in [3.8, 4) is 0 Å². The third-order valence-electron chi connectivity index (χ3n) is 6.08. The molecule has 0 spiro atoms. The number of anilines is 1. The molecular formula is C25H21F3N8O. The number of nitrogens with zero attached hydrogens (tertiary/aromatic N) is 7. The number of halogens is 3. The van der Waals surface area contributed by atoms with Gasteiger partial charge in [0.15, 0.2) is 0 Å². The zero-order valence-electron chi connectivity index (χ0n) is 19.8. The van der Waals surface area contributed by atoms with Crippen molar-refractivity contribution in [1.29, 1.82) is 0 Å². The van der Waals surface area contributed by atoms with E-state index in [0.717, 1.165) is 12.3 Å². The molecule has 1 unspecified atom stereocenters. The zero-order chi connectivity index (χ0) is 26.3. The molecular weight excluding hydrogens is 485 g/mol. The molecule has 0 aliphatic carbocycles. The standard InChI is InChI=1S/C25H21F3N8O/c1-14(23-30-8-3-9-31-23)35(13-18-6-5-17(11-33-18)25(26,27)28)24(37)16-4-7-19-20(10-16)36-15(2)32-12-21(36)22(29)34-19/h3-12,14H,13H2,1-2H3,(H2,29,34). The number of nitrogens with two attached hydrogens (primary N) is 1. The molecule has 4 aromatic heterocycles. The Labute approximate surface area is 208 Å². The molecule has 0 saturated carbocycles. The fraction of sp³-hybridized carbons (Fsp3) is 0.200. The van der Waals surface area contributed by atoms with E-state index in [0.29, 0.717) is 39.6 Å². The number of amides is 1. The van der Waals surface area contributed by atoms with Crippen LogP contribution in [0.15, 0.2) is 61.2 Å². The highest BCUT2D eigenvalue weighted by Crippen LogP contribution is 2.29. The number of alkyl halides is 3. The molecule has 0 bridgehead atoms. The Kier molecular flexibility index (Phi) is 5.94. The molecule has 0 aliphatic rings. The van der Waals surface area contributed by atoms with Crippen molar-refractivity contribution in [3.63, 3.8) is 0 Å². The Morgan fingerprint density at radius 2 is 1.81 bits per heavy atom. The second-order valence-electron chi connectivity index (χ2n) is 8.48. The van der Waals surface area contributed by atoms with E-state index >= 15 is 0 Å². The number of imidazole rings is 1. The van der Waals surface area contributed by atoms with Crippen LogP contribution in [-0.2, 0) is 12.7 Å². The number of aryl methyl sites for hydroxylation is 1. The summed E-state index contributed by atoms with van der Waals surface area (Å²) in [6, 6.07) is 8.26. The van der Waals surface area contributed by atoms with Crippen molar-refractivity contribution >= 4 is 28.3 Å². The number of fused-ring (bicyclic) bond motifs is 3. The van der Waals surface area contributed by atoms with E-state index in [1.165, 1.54) is 11.0 Å². The average Bonchev–Trinajstić information content (AvgIpc) is 3.29. The van der Waals surface area contributed by atoms with Gasteiger partial charge in [0, 0.05) is 24.2 Å². The van der Waals surface area contributed by atoms with Crippen LogP contribution in [-0.4, -0.2) is 40.1 Å². The first-order valence-electron chi connectivity index (χ1n) is 11.3. The summed E-state index contributed by atoms with van der Waals surface area (Å²) in [6.45, 7) is 3.50. The summed E-state index contributed by atoms with van der Waals surface area (Å²) >= 11 is 0. The molecule has 1 atom stereocenters. The quantitative estimate of drug-likeness (QED) is 0.376. The summed E-state index contributed by atoms with van der Waals surface area (Å²) in [4.78, 5) is 36.5. The van der Waals surface area contributed by atoms with Crippen LogP contribution in [0.2, 0.25) is 0 Å². The van der Waals surface area contributed by atoms with Crippen molar-refractivity contribution in [3.05, 3.63) is 89.7 Å². The molecule has 9 nitrogen and oxygen atoms in total. The first-order valence-corrected chi connectivity index (χ1v) is 11.3. The molecule has 5 rings (SSSR count). The van der Waals surface area contributed by atoms with Gasteiger partial charge in [0.1, 0.15) is 23.0 Å². The zero-order valence-corrected chi connectivity index (χ0v) is 19.8. The van der Waals surface area contributed by atoms with Crippen LogP contribution in [0.5, 0.6) is 0 Å². The fourth-order valence-corrected chi connectivity index (χ4v) is 4.12. The molecule has 4 heterocycles. The molecule has 1 aromatic carbocycles. The van der Waals surface area contributed by atoms with Gasteiger partial charge < -0.3 is 10.6 Å². The lowest BCUT2D eigenvalue weighted by Gasteiger charge is -2.28. The van der Waals surface area contributed by atoms with Gasteiger partial charge in [-0.15, -0.1) is 0 Å².